The lowest BCUT2D eigenvalue weighted by atomic mass is 9.49. The summed E-state index contributed by atoms with van der Waals surface area (Å²) in [4.78, 5) is 60.3. The Bertz CT molecular complexity index is 2260. The fourth-order valence-corrected chi connectivity index (χ4v) is 9.45. The van der Waals surface area contributed by atoms with E-state index in [9.17, 15) is 23.9 Å². The standard InChI is InChI=1S/C41H34Cl2FN3O7/c1-20-4-13-25(16-31(20)43)46-37(49)28-15-14-27-29(34(28)39(46)51)19-30-38(50)47(45-24-11-9-23(44)10-12-24)40(52)41(30,21-5-7-22(42)8-6-21)36(27)35-32(53-2)17-26(48)18-33(35)54-3/h4-14,16-18,28-30,34,36,45,48H,15,19H2,1-3H3/t28-,29+,30-,34-,36+,41+/m0/s1. The first-order valence-corrected chi connectivity index (χ1v) is 18.1. The molecule has 4 amide bonds. The number of imide groups is 2. The molecule has 4 aromatic rings. The summed E-state index contributed by atoms with van der Waals surface area (Å²) in [5.41, 5.74) is 4.16. The highest BCUT2D eigenvalue weighted by molar-refractivity contribution is 6.32. The third-order valence-corrected chi connectivity index (χ3v) is 12.1. The van der Waals surface area contributed by atoms with E-state index in [1.807, 2.05) is 13.0 Å². The van der Waals surface area contributed by atoms with Crippen LogP contribution in [0.3, 0.4) is 0 Å². The molecule has 2 N–H and O–H groups in total. The summed E-state index contributed by atoms with van der Waals surface area (Å²) in [6.07, 6.45) is 2.11. The fraction of sp³-hybridized carbons (Fsp3) is 0.268. The molecule has 2 aliphatic heterocycles. The lowest BCUT2D eigenvalue weighted by Crippen LogP contribution is -2.53. The number of aromatic hydroxyl groups is 1. The molecule has 4 aliphatic rings. The lowest BCUT2D eigenvalue weighted by molar-refractivity contribution is -0.138. The molecule has 13 heteroatoms. The number of carbonyl (C=O) groups is 4. The summed E-state index contributed by atoms with van der Waals surface area (Å²) in [5.74, 6) is -6.71. The molecule has 4 aromatic carbocycles. The van der Waals surface area contributed by atoms with Crippen molar-refractivity contribution in [1.29, 1.82) is 0 Å². The molecule has 2 aliphatic carbocycles. The van der Waals surface area contributed by atoms with Gasteiger partial charge in [0.25, 0.3) is 11.8 Å². The van der Waals surface area contributed by atoms with Crippen LogP contribution in [-0.2, 0) is 24.6 Å². The molecule has 6 atom stereocenters. The molecule has 0 aromatic heterocycles. The number of hydrogen-bond donors (Lipinski definition) is 2. The Labute approximate surface area is 320 Å². The molecule has 54 heavy (non-hydrogen) atoms. The Hall–Kier alpha value is -5.39. The Balaban J connectivity index is 1.37. The summed E-state index contributed by atoms with van der Waals surface area (Å²) in [6, 6.07) is 19.8. The average molecular weight is 771 g/mol. The molecule has 0 spiro atoms. The Morgan fingerprint density at radius 1 is 0.852 bits per heavy atom. The lowest BCUT2D eigenvalue weighted by Gasteiger charge is -2.51. The number of amides is 4. The van der Waals surface area contributed by atoms with E-state index in [0.717, 1.165) is 10.6 Å². The number of rotatable bonds is 7. The number of hydrogen-bond acceptors (Lipinski definition) is 8. The number of ether oxygens (including phenoxy) is 2. The van der Waals surface area contributed by atoms with Crippen molar-refractivity contribution in [2.45, 2.75) is 31.1 Å². The van der Waals surface area contributed by atoms with Gasteiger partial charge in [-0.3, -0.25) is 24.6 Å². The van der Waals surface area contributed by atoms with E-state index in [-0.39, 0.29) is 36.0 Å². The van der Waals surface area contributed by atoms with Crippen LogP contribution >= 0.6 is 23.2 Å². The van der Waals surface area contributed by atoms with E-state index >= 15 is 4.79 Å². The maximum Gasteiger partial charge on any atom is 0.260 e. The monoisotopic (exact) mass is 769 g/mol. The predicted octanol–water partition coefficient (Wildman–Crippen LogP) is 7.35. The van der Waals surface area contributed by atoms with Crippen LogP contribution in [0, 0.1) is 36.4 Å². The van der Waals surface area contributed by atoms with Crippen molar-refractivity contribution < 1.29 is 38.1 Å². The Morgan fingerprint density at radius 3 is 2.15 bits per heavy atom. The van der Waals surface area contributed by atoms with E-state index < -0.39 is 58.5 Å². The second-order valence-electron chi connectivity index (χ2n) is 14.1. The van der Waals surface area contributed by atoms with Gasteiger partial charge in [-0.15, -0.1) is 0 Å². The van der Waals surface area contributed by atoms with Gasteiger partial charge in [0.05, 0.1) is 48.8 Å². The first-order chi connectivity index (χ1) is 25.9. The van der Waals surface area contributed by atoms with Crippen molar-refractivity contribution in [1.82, 2.24) is 5.01 Å². The number of fused-ring (bicyclic) bond motifs is 4. The predicted molar refractivity (Wildman–Crippen MR) is 199 cm³/mol. The number of benzene rings is 4. The highest BCUT2D eigenvalue weighted by atomic mass is 35.5. The zero-order chi connectivity index (χ0) is 38.2. The third kappa shape index (κ3) is 5.20. The Kier molecular flexibility index (Phi) is 8.69. The molecule has 0 bridgehead atoms. The van der Waals surface area contributed by atoms with Crippen LogP contribution in [0.4, 0.5) is 15.8 Å². The maximum atomic E-state index is 15.4. The van der Waals surface area contributed by atoms with Crippen LogP contribution in [0.2, 0.25) is 10.0 Å². The summed E-state index contributed by atoms with van der Waals surface area (Å²) >= 11 is 12.8. The second kappa shape index (κ2) is 13.2. The van der Waals surface area contributed by atoms with E-state index in [1.54, 1.807) is 42.5 Å². The number of carbonyl (C=O) groups excluding carboxylic acids is 4. The summed E-state index contributed by atoms with van der Waals surface area (Å²) in [7, 11) is 2.84. The van der Waals surface area contributed by atoms with Gasteiger partial charge in [0.15, 0.2) is 0 Å². The molecule has 2 heterocycles. The van der Waals surface area contributed by atoms with Crippen LogP contribution < -0.4 is 19.8 Å². The van der Waals surface area contributed by atoms with Gasteiger partial charge in [-0.1, -0.05) is 53.1 Å². The van der Waals surface area contributed by atoms with E-state index in [2.05, 4.69) is 5.43 Å². The molecule has 1 saturated carbocycles. The van der Waals surface area contributed by atoms with Crippen LogP contribution in [0.25, 0.3) is 0 Å². The van der Waals surface area contributed by atoms with E-state index in [4.69, 9.17) is 32.7 Å². The quantitative estimate of drug-likeness (QED) is 0.148. The van der Waals surface area contributed by atoms with Crippen LogP contribution in [0.5, 0.6) is 17.2 Å². The largest absolute Gasteiger partial charge is 0.508 e. The van der Waals surface area contributed by atoms with Gasteiger partial charge < -0.3 is 14.6 Å². The highest BCUT2D eigenvalue weighted by Crippen LogP contribution is 2.66. The number of nitrogens with zero attached hydrogens (tertiary/aromatic N) is 2. The van der Waals surface area contributed by atoms with Crippen LogP contribution in [0.1, 0.15) is 35.4 Å². The number of aryl methyl sites for hydroxylation is 1. The zero-order valence-electron chi connectivity index (χ0n) is 29.3. The van der Waals surface area contributed by atoms with Crippen LogP contribution in [-0.4, -0.2) is 48.0 Å². The molecule has 0 radical (unpaired) electrons. The van der Waals surface area contributed by atoms with Crippen molar-refractivity contribution in [3.05, 3.63) is 123 Å². The smallest absolute Gasteiger partial charge is 0.260 e. The van der Waals surface area contributed by atoms with E-state index in [0.29, 0.717) is 38.1 Å². The molecule has 10 nitrogen and oxygen atoms in total. The molecule has 3 fully saturated rings. The summed E-state index contributed by atoms with van der Waals surface area (Å²) in [5, 5.41) is 12.5. The summed E-state index contributed by atoms with van der Waals surface area (Å²) in [6.45, 7) is 1.82. The van der Waals surface area contributed by atoms with Gasteiger partial charge in [0.1, 0.15) is 23.1 Å². The van der Waals surface area contributed by atoms with Gasteiger partial charge >= 0.3 is 0 Å². The molecule has 276 valence electrons. The molecule has 8 rings (SSSR count). The molecular formula is C41H34Cl2FN3O7. The number of phenols is 1. The SMILES string of the molecule is COc1cc(O)cc(OC)c1[C@H]1C2=CC[C@@H]3C(=O)N(c4ccc(C)c(Cl)c4)C(=O)[C@@H]3[C@@H]2C[C@H]2C(=O)N(Nc3ccc(F)cc3)C(=O)[C@@]12c1ccc(Cl)cc1. The first-order valence-electron chi connectivity index (χ1n) is 17.4. The highest BCUT2D eigenvalue weighted by Gasteiger charge is 2.71. The van der Waals surface area contributed by atoms with Gasteiger partial charge in [0.2, 0.25) is 11.8 Å². The van der Waals surface area contributed by atoms with E-state index in [1.165, 1.54) is 55.5 Å². The molecule has 2 saturated heterocycles. The molecular weight excluding hydrogens is 736 g/mol. The van der Waals surface area contributed by atoms with Crippen molar-refractivity contribution in [3.8, 4) is 17.2 Å². The van der Waals surface area contributed by atoms with Gasteiger partial charge in [-0.25, -0.2) is 9.29 Å². The molecule has 0 unspecified atom stereocenters. The minimum atomic E-state index is -1.68. The van der Waals surface area contributed by atoms with Gasteiger partial charge in [-0.05, 0) is 85.3 Å². The van der Waals surface area contributed by atoms with Crippen molar-refractivity contribution in [2.24, 2.45) is 23.7 Å². The number of anilines is 2. The van der Waals surface area contributed by atoms with Crippen molar-refractivity contribution >= 4 is 58.2 Å². The number of halogens is 3. The van der Waals surface area contributed by atoms with Crippen molar-refractivity contribution in [3.63, 3.8) is 0 Å². The summed E-state index contributed by atoms with van der Waals surface area (Å²) < 4.78 is 25.7. The fourth-order valence-electron chi connectivity index (χ4n) is 9.15. The minimum Gasteiger partial charge on any atom is -0.508 e. The van der Waals surface area contributed by atoms with Crippen LogP contribution in [0.15, 0.2) is 90.5 Å². The number of methoxy groups -OCH3 is 2. The van der Waals surface area contributed by atoms with Gasteiger partial charge in [0, 0.05) is 33.7 Å². The number of hydrazine groups is 1. The Morgan fingerprint density at radius 2 is 1.52 bits per heavy atom. The number of nitrogens with one attached hydrogen (secondary N) is 1. The number of phenolic OH excluding ortho intramolecular Hbond substituents is 1. The average Bonchev–Trinajstić information content (AvgIpc) is 3.54. The first kappa shape index (κ1) is 35.6. The third-order valence-electron chi connectivity index (χ3n) is 11.5. The normalized spacial score (nSPS) is 26.0. The minimum absolute atomic E-state index is 0.0303. The topological polar surface area (TPSA) is 125 Å². The maximum absolute atomic E-state index is 15.4. The van der Waals surface area contributed by atoms with Crippen molar-refractivity contribution in [2.75, 3.05) is 24.5 Å². The van der Waals surface area contributed by atoms with Gasteiger partial charge in [-0.2, -0.15) is 5.01 Å². The zero-order valence-corrected chi connectivity index (χ0v) is 30.8. The number of allylic oxidation sites excluding steroid dienone is 2. The second-order valence-corrected chi connectivity index (χ2v) is 14.9.